The molecule has 0 unspecified atom stereocenters. The van der Waals surface area contributed by atoms with E-state index in [2.05, 4.69) is 35.4 Å². The molecule has 3 aromatic rings. The van der Waals surface area contributed by atoms with E-state index in [9.17, 15) is 0 Å². The SMILES string of the molecule is CC.Cc1ccc(N=Nc2ccccc2)c2ccccc12. The predicted octanol–water partition coefficient (Wildman–Crippen LogP) is 6.59. The first-order valence-electron chi connectivity index (χ1n) is 7.30. The third-order valence-corrected chi connectivity index (χ3v) is 3.15. The average molecular weight is 276 g/mol. The van der Waals surface area contributed by atoms with Crippen molar-refractivity contribution in [3.63, 3.8) is 0 Å². The van der Waals surface area contributed by atoms with Gasteiger partial charge in [-0.3, -0.25) is 0 Å². The highest BCUT2D eigenvalue weighted by molar-refractivity contribution is 5.94. The van der Waals surface area contributed by atoms with Crippen LogP contribution in [0.25, 0.3) is 10.8 Å². The van der Waals surface area contributed by atoms with E-state index >= 15 is 0 Å². The van der Waals surface area contributed by atoms with E-state index in [1.165, 1.54) is 10.9 Å². The van der Waals surface area contributed by atoms with Gasteiger partial charge in [0.1, 0.15) is 0 Å². The van der Waals surface area contributed by atoms with Crippen LogP contribution < -0.4 is 0 Å². The maximum Gasteiger partial charge on any atom is 0.0935 e. The van der Waals surface area contributed by atoms with E-state index in [0.29, 0.717) is 0 Å². The largest absolute Gasteiger partial charge is 0.151 e. The monoisotopic (exact) mass is 276 g/mol. The van der Waals surface area contributed by atoms with Crippen LogP contribution in [0.3, 0.4) is 0 Å². The minimum Gasteiger partial charge on any atom is -0.151 e. The second-order valence-corrected chi connectivity index (χ2v) is 4.48. The lowest BCUT2D eigenvalue weighted by molar-refractivity contribution is 1.24. The Labute approximate surface area is 126 Å². The normalized spacial score (nSPS) is 10.4. The van der Waals surface area contributed by atoms with Crippen LogP contribution >= 0.6 is 0 Å². The van der Waals surface area contributed by atoms with Gasteiger partial charge in [-0.05, 0) is 36.1 Å². The maximum atomic E-state index is 4.37. The van der Waals surface area contributed by atoms with Crippen LogP contribution in [-0.4, -0.2) is 0 Å². The standard InChI is InChI=1S/C17H14N2.C2H6/c1-13-11-12-17(16-10-6-5-9-15(13)16)19-18-14-7-3-2-4-8-14;1-2/h2-12H,1H3;1-2H3. The predicted molar refractivity (Wildman–Crippen MR) is 90.7 cm³/mol. The Morgan fingerprint density at radius 2 is 1.24 bits per heavy atom. The van der Waals surface area contributed by atoms with Crippen molar-refractivity contribution in [3.8, 4) is 0 Å². The first kappa shape index (κ1) is 14.9. The molecule has 0 spiro atoms. The molecule has 0 bridgehead atoms. The van der Waals surface area contributed by atoms with E-state index in [-0.39, 0.29) is 0 Å². The Morgan fingerprint density at radius 1 is 0.619 bits per heavy atom. The highest BCUT2D eigenvalue weighted by Gasteiger charge is 2.01. The maximum absolute atomic E-state index is 4.37. The summed E-state index contributed by atoms with van der Waals surface area (Å²) in [6.45, 7) is 6.11. The van der Waals surface area contributed by atoms with Crippen molar-refractivity contribution in [1.82, 2.24) is 0 Å². The summed E-state index contributed by atoms with van der Waals surface area (Å²) in [5, 5.41) is 11.0. The summed E-state index contributed by atoms with van der Waals surface area (Å²) in [6.07, 6.45) is 0. The van der Waals surface area contributed by atoms with Crippen molar-refractivity contribution in [2.45, 2.75) is 20.8 Å². The van der Waals surface area contributed by atoms with E-state index in [1.807, 2.05) is 62.4 Å². The van der Waals surface area contributed by atoms with Gasteiger partial charge in [0, 0.05) is 5.39 Å². The van der Waals surface area contributed by atoms with Gasteiger partial charge in [0.05, 0.1) is 11.4 Å². The highest BCUT2D eigenvalue weighted by atomic mass is 15.1. The first-order valence-corrected chi connectivity index (χ1v) is 7.30. The van der Waals surface area contributed by atoms with Crippen LogP contribution in [-0.2, 0) is 0 Å². The summed E-state index contributed by atoms with van der Waals surface area (Å²) in [7, 11) is 0. The van der Waals surface area contributed by atoms with Crippen LogP contribution in [0.5, 0.6) is 0 Å². The van der Waals surface area contributed by atoms with Gasteiger partial charge in [0.2, 0.25) is 0 Å². The van der Waals surface area contributed by atoms with Crippen LogP contribution in [0, 0.1) is 6.92 Å². The summed E-state index contributed by atoms with van der Waals surface area (Å²) < 4.78 is 0. The zero-order valence-electron chi connectivity index (χ0n) is 12.7. The molecule has 3 aromatic carbocycles. The third kappa shape index (κ3) is 3.54. The van der Waals surface area contributed by atoms with Crippen molar-refractivity contribution < 1.29 is 0 Å². The number of aryl methyl sites for hydroxylation is 1. The first-order chi connectivity index (χ1) is 10.3. The number of azo groups is 1. The van der Waals surface area contributed by atoms with E-state index in [1.54, 1.807) is 0 Å². The van der Waals surface area contributed by atoms with Crippen molar-refractivity contribution in [2.75, 3.05) is 0 Å². The highest BCUT2D eigenvalue weighted by Crippen LogP contribution is 2.29. The quantitative estimate of drug-likeness (QED) is 0.472. The number of benzene rings is 3. The van der Waals surface area contributed by atoms with Gasteiger partial charge < -0.3 is 0 Å². The molecular formula is C19H20N2. The summed E-state index contributed by atoms with van der Waals surface area (Å²) in [5.74, 6) is 0. The summed E-state index contributed by atoms with van der Waals surface area (Å²) in [4.78, 5) is 0. The zero-order valence-corrected chi connectivity index (χ0v) is 12.7. The van der Waals surface area contributed by atoms with Crippen LogP contribution in [0.2, 0.25) is 0 Å². The molecule has 21 heavy (non-hydrogen) atoms. The van der Waals surface area contributed by atoms with Gasteiger partial charge >= 0.3 is 0 Å². The molecule has 106 valence electrons. The van der Waals surface area contributed by atoms with E-state index < -0.39 is 0 Å². The molecule has 0 atom stereocenters. The summed E-state index contributed by atoms with van der Waals surface area (Å²) in [5.41, 5.74) is 3.03. The van der Waals surface area contributed by atoms with Crippen molar-refractivity contribution >= 4 is 22.1 Å². The molecule has 0 aliphatic rings. The molecule has 0 N–H and O–H groups in total. The Kier molecular flexibility index (Phi) is 5.22. The lowest BCUT2D eigenvalue weighted by Crippen LogP contribution is -1.78. The molecule has 0 saturated heterocycles. The fraction of sp³-hybridized carbons (Fsp3) is 0.158. The molecule has 0 radical (unpaired) electrons. The molecule has 0 aromatic heterocycles. The molecule has 3 rings (SSSR count). The molecule has 0 aliphatic carbocycles. The summed E-state index contributed by atoms with van der Waals surface area (Å²) >= 11 is 0. The number of hydrogen-bond donors (Lipinski definition) is 0. The molecule has 2 heteroatoms. The second-order valence-electron chi connectivity index (χ2n) is 4.48. The van der Waals surface area contributed by atoms with Crippen molar-refractivity contribution in [2.24, 2.45) is 10.2 Å². The minimum absolute atomic E-state index is 0.868. The Hall–Kier alpha value is -2.48. The van der Waals surface area contributed by atoms with Crippen molar-refractivity contribution in [3.05, 3.63) is 72.3 Å². The Balaban J connectivity index is 0.000000774. The Bertz CT molecular complexity index is 731. The van der Waals surface area contributed by atoms with Crippen LogP contribution in [0.15, 0.2) is 77.0 Å². The van der Waals surface area contributed by atoms with E-state index in [0.717, 1.165) is 16.8 Å². The van der Waals surface area contributed by atoms with E-state index in [4.69, 9.17) is 0 Å². The molecule has 0 fully saturated rings. The van der Waals surface area contributed by atoms with Gasteiger partial charge in [-0.2, -0.15) is 5.11 Å². The van der Waals surface area contributed by atoms with Gasteiger partial charge in [-0.1, -0.05) is 62.4 Å². The van der Waals surface area contributed by atoms with Crippen LogP contribution in [0.1, 0.15) is 19.4 Å². The number of fused-ring (bicyclic) bond motifs is 1. The number of nitrogens with zero attached hydrogens (tertiary/aromatic N) is 2. The Morgan fingerprint density at radius 3 is 1.95 bits per heavy atom. The number of hydrogen-bond acceptors (Lipinski definition) is 2. The van der Waals surface area contributed by atoms with Crippen molar-refractivity contribution in [1.29, 1.82) is 0 Å². The second kappa shape index (κ2) is 7.34. The minimum atomic E-state index is 0.868. The van der Waals surface area contributed by atoms with Gasteiger partial charge in [0.25, 0.3) is 0 Å². The van der Waals surface area contributed by atoms with Gasteiger partial charge in [0.15, 0.2) is 0 Å². The number of rotatable bonds is 2. The van der Waals surface area contributed by atoms with Gasteiger partial charge in [-0.25, -0.2) is 0 Å². The zero-order chi connectivity index (χ0) is 15.1. The molecule has 2 nitrogen and oxygen atoms in total. The smallest absolute Gasteiger partial charge is 0.0935 e. The third-order valence-electron chi connectivity index (χ3n) is 3.15. The summed E-state index contributed by atoms with van der Waals surface area (Å²) in [6, 6.07) is 22.2. The topological polar surface area (TPSA) is 24.7 Å². The fourth-order valence-corrected chi connectivity index (χ4v) is 2.13. The molecule has 0 aliphatic heterocycles. The molecular weight excluding hydrogens is 256 g/mol. The average Bonchev–Trinajstić information content (AvgIpc) is 2.57. The molecule has 0 heterocycles. The molecule has 0 amide bonds. The van der Waals surface area contributed by atoms with Gasteiger partial charge in [-0.15, -0.1) is 5.11 Å². The van der Waals surface area contributed by atoms with Crippen LogP contribution in [0.4, 0.5) is 11.4 Å². The molecule has 0 saturated carbocycles. The lowest BCUT2D eigenvalue weighted by atomic mass is 10.0. The lowest BCUT2D eigenvalue weighted by Gasteiger charge is -2.04. The fourth-order valence-electron chi connectivity index (χ4n) is 2.13.